The molecule has 1 aromatic carbocycles. The molecule has 1 unspecified atom stereocenters. The van der Waals surface area contributed by atoms with Gasteiger partial charge < -0.3 is 11.1 Å². The first-order valence-electron chi connectivity index (χ1n) is 4.95. The lowest BCUT2D eigenvalue weighted by atomic mass is 10.2. The Morgan fingerprint density at radius 1 is 1.44 bits per heavy atom. The number of carbonyl (C=O) groups excluding carboxylic acids is 1. The van der Waals surface area contributed by atoms with E-state index < -0.39 is 0 Å². The Bertz CT molecular complexity index is 380. The Hall–Kier alpha value is -0.770. The second kappa shape index (κ2) is 6.09. The predicted molar refractivity (Wildman–Crippen MR) is 66.6 cm³/mol. The van der Waals surface area contributed by atoms with Crippen molar-refractivity contribution < 1.29 is 4.79 Å². The van der Waals surface area contributed by atoms with Gasteiger partial charge in [-0.1, -0.05) is 29.3 Å². The summed E-state index contributed by atoms with van der Waals surface area (Å²) >= 11 is 11.6. The molecule has 5 heteroatoms. The number of carbonyl (C=O) groups is 1. The quantitative estimate of drug-likeness (QED) is 0.874. The van der Waals surface area contributed by atoms with Crippen molar-refractivity contribution in [1.82, 2.24) is 5.32 Å². The van der Waals surface area contributed by atoms with E-state index in [4.69, 9.17) is 28.9 Å². The monoisotopic (exact) mass is 260 g/mol. The van der Waals surface area contributed by atoms with Crippen LogP contribution in [-0.2, 0) is 11.3 Å². The predicted octanol–water partition coefficient (Wildman–Crippen LogP) is 2.35. The first-order chi connectivity index (χ1) is 7.49. The first-order valence-corrected chi connectivity index (χ1v) is 5.71. The lowest BCUT2D eigenvalue weighted by Gasteiger charge is -2.07. The number of hydrogen-bond acceptors (Lipinski definition) is 2. The van der Waals surface area contributed by atoms with E-state index in [0.29, 0.717) is 23.0 Å². The van der Waals surface area contributed by atoms with Crippen LogP contribution in [0, 0.1) is 0 Å². The number of nitrogens with one attached hydrogen (secondary N) is 1. The van der Waals surface area contributed by atoms with Crippen LogP contribution in [0.4, 0.5) is 0 Å². The third kappa shape index (κ3) is 4.39. The Kier molecular flexibility index (Phi) is 5.06. The standard InChI is InChI=1S/C11H14Cl2N2O/c1-7(14)4-11(16)15-6-8-2-3-9(12)10(13)5-8/h2-3,5,7H,4,6,14H2,1H3,(H,15,16). The topological polar surface area (TPSA) is 55.1 Å². The molecule has 0 radical (unpaired) electrons. The number of rotatable bonds is 4. The van der Waals surface area contributed by atoms with Crippen LogP contribution in [0.1, 0.15) is 18.9 Å². The van der Waals surface area contributed by atoms with Gasteiger partial charge in [0, 0.05) is 19.0 Å². The zero-order valence-electron chi connectivity index (χ0n) is 8.97. The van der Waals surface area contributed by atoms with Crippen LogP contribution in [0.5, 0.6) is 0 Å². The normalized spacial score (nSPS) is 12.2. The maximum atomic E-state index is 11.3. The molecule has 0 aromatic heterocycles. The van der Waals surface area contributed by atoms with Gasteiger partial charge in [-0.3, -0.25) is 4.79 Å². The second-order valence-electron chi connectivity index (χ2n) is 3.71. The molecule has 0 heterocycles. The van der Waals surface area contributed by atoms with Crippen molar-refractivity contribution in [3.05, 3.63) is 33.8 Å². The van der Waals surface area contributed by atoms with Gasteiger partial charge in [0.2, 0.25) is 5.91 Å². The fourth-order valence-corrected chi connectivity index (χ4v) is 1.54. The van der Waals surface area contributed by atoms with Crippen molar-refractivity contribution in [3.8, 4) is 0 Å². The molecule has 1 rings (SSSR count). The SMILES string of the molecule is CC(N)CC(=O)NCc1ccc(Cl)c(Cl)c1. The van der Waals surface area contributed by atoms with E-state index in [0.717, 1.165) is 5.56 Å². The molecule has 0 fully saturated rings. The van der Waals surface area contributed by atoms with Crippen molar-refractivity contribution >= 4 is 29.1 Å². The van der Waals surface area contributed by atoms with Crippen LogP contribution in [0.25, 0.3) is 0 Å². The third-order valence-corrected chi connectivity index (χ3v) is 2.72. The maximum Gasteiger partial charge on any atom is 0.221 e. The molecule has 1 amide bonds. The number of nitrogens with two attached hydrogens (primary N) is 1. The van der Waals surface area contributed by atoms with Gasteiger partial charge in [0.05, 0.1) is 10.0 Å². The van der Waals surface area contributed by atoms with Crippen LogP contribution in [-0.4, -0.2) is 11.9 Å². The molecular weight excluding hydrogens is 247 g/mol. The highest BCUT2D eigenvalue weighted by molar-refractivity contribution is 6.42. The summed E-state index contributed by atoms with van der Waals surface area (Å²) in [7, 11) is 0. The van der Waals surface area contributed by atoms with Gasteiger partial charge in [-0.25, -0.2) is 0 Å². The molecule has 0 aliphatic rings. The fraction of sp³-hybridized carbons (Fsp3) is 0.364. The molecule has 3 nitrogen and oxygen atoms in total. The van der Waals surface area contributed by atoms with Crippen molar-refractivity contribution in [2.24, 2.45) is 5.73 Å². The molecule has 0 aliphatic carbocycles. The number of hydrogen-bond donors (Lipinski definition) is 2. The molecule has 16 heavy (non-hydrogen) atoms. The molecule has 1 atom stereocenters. The summed E-state index contributed by atoms with van der Waals surface area (Å²) in [5.41, 5.74) is 6.42. The molecule has 0 aliphatic heterocycles. The molecule has 3 N–H and O–H groups in total. The minimum atomic E-state index is -0.131. The summed E-state index contributed by atoms with van der Waals surface area (Å²) in [5.74, 6) is -0.0685. The van der Waals surface area contributed by atoms with Crippen molar-refractivity contribution in [1.29, 1.82) is 0 Å². The zero-order chi connectivity index (χ0) is 12.1. The molecule has 0 saturated carbocycles. The Morgan fingerprint density at radius 3 is 2.69 bits per heavy atom. The average Bonchev–Trinajstić information content (AvgIpc) is 2.19. The lowest BCUT2D eigenvalue weighted by molar-refractivity contribution is -0.121. The Balaban J connectivity index is 2.48. The van der Waals surface area contributed by atoms with E-state index in [9.17, 15) is 4.79 Å². The van der Waals surface area contributed by atoms with Crippen molar-refractivity contribution in [2.75, 3.05) is 0 Å². The third-order valence-electron chi connectivity index (χ3n) is 1.98. The van der Waals surface area contributed by atoms with Gasteiger partial charge in [-0.15, -0.1) is 0 Å². The summed E-state index contributed by atoms with van der Waals surface area (Å²) in [4.78, 5) is 11.3. The number of benzene rings is 1. The fourth-order valence-electron chi connectivity index (χ4n) is 1.21. The van der Waals surface area contributed by atoms with Gasteiger partial charge in [0.15, 0.2) is 0 Å². The van der Waals surface area contributed by atoms with Gasteiger partial charge >= 0.3 is 0 Å². The highest BCUT2D eigenvalue weighted by Gasteiger charge is 2.05. The summed E-state index contributed by atoms with van der Waals surface area (Å²) in [6, 6.07) is 5.13. The molecular formula is C11H14Cl2N2O. The van der Waals surface area contributed by atoms with E-state index >= 15 is 0 Å². The smallest absolute Gasteiger partial charge is 0.221 e. The van der Waals surface area contributed by atoms with Crippen LogP contribution < -0.4 is 11.1 Å². The average molecular weight is 261 g/mol. The van der Waals surface area contributed by atoms with Gasteiger partial charge in [0.25, 0.3) is 0 Å². The van der Waals surface area contributed by atoms with Gasteiger partial charge in [-0.2, -0.15) is 0 Å². The second-order valence-corrected chi connectivity index (χ2v) is 4.52. The summed E-state index contributed by atoms with van der Waals surface area (Å²) in [6.07, 6.45) is 0.321. The first kappa shape index (κ1) is 13.3. The van der Waals surface area contributed by atoms with E-state index in [2.05, 4.69) is 5.32 Å². The number of amides is 1. The van der Waals surface area contributed by atoms with E-state index in [-0.39, 0.29) is 11.9 Å². The summed E-state index contributed by atoms with van der Waals surface area (Å²) in [5, 5.41) is 3.75. The zero-order valence-corrected chi connectivity index (χ0v) is 10.5. The highest BCUT2D eigenvalue weighted by Crippen LogP contribution is 2.22. The Morgan fingerprint density at radius 2 is 2.12 bits per heavy atom. The van der Waals surface area contributed by atoms with E-state index in [1.165, 1.54) is 0 Å². The number of halogens is 2. The van der Waals surface area contributed by atoms with Crippen LogP contribution in [0.15, 0.2) is 18.2 Å². The molecule has 0 saturated heterocycles. The van der Waals surface area contributed by atoms with Gasteiger partial charge in [-0.05, 0) is 24.6 Å². The van der Waals surface area contributed by atoms with E-state index in [1.54, 1.807) is 19.1 Å². The highest BCUT2D eigenvalue weighted by atomic mass is 35.5. The summed E-state index contributed by atoms with van der Waals surface area (Å²) in [6.45, 7) is 2.22. The van der Waals surface area contributed by atoms with E-state index in [1.807, 2.05) is 6.07 Å². The lowest BCUT2D eigenvalue weighted by Crippen LogP contribution is -2.29. The Labute approximate surface area is 105 Å². The maximum absolute atomic E-state index is 11.3. The summed E-state index contributed by atoms with van der Waals surface area (Å²) < 4.78 is 0. The molecule has 88 valence electrons. The van der Waals surface area contributed by atoms with Crippen molar-refractivity contribution in [2.45, 2.75) is 25.9 Å². The minimum absolute atomic E-state index is 0.0685. The molecule has 0 spiro atoms. The minimum Gasteiger partial charge on any atom is -0.352 e. The van der Waals surface area contributed by atoms with Crippen molar-refractivity contribution in [3.63, 3.8) is 0 Å². The van der Waals surface area contributed by atoms with Crippen LogP contribution >= 0.6 is 23.2 Å². The van der Waals surface area contributed by atoms with Crippen LogP contribution in [0.3, 0.4) is 0 Å². The van der Waals surface area contributed by atoms with Crippen LogP contribution in [0.2, 0.25) is 10.0 Å². The van der Waals surface area contributed by atoms with Gasteiger partial charge in [0.1, 0.15) is 0 Å². The molecule has 0 bridgehead atoms. The molecule has 1 aromatic rings. The largest absolute Gasteiger partial charge is 0.352 e.